The monoisotopic (exact) mass is 541 g/mol. The molecule has 11 heteroatoms. The van der Waals surface area contributed by atoms with Crippen LogP contribution in [0.5, 0.6) is 0 Å². The van der Waals surface area contributed by atoms with E-state index in [-0.39, 0.29) is 42.0 Å². The highest BCUT2D eigenvalue weighted by Crippen LogP contribution is 2.15. The molecule has 2 rings (SSSR count). The molecule has 0 amide bonds. The number of halogens is 2. The molecule has 28 heavy (non-hydrogen) atoms. The third kappa shape index (κ3) is 8.27. The van der Waals surface area contributed by atoms with E-state index in [1.54, 1.807) is 25.3 Å². The zero-order chi connectivity index (χ0) is 19.9. The minimum atomic E-state index is -3.60. The van der Waals surface area contributed by atoms with Crippen molar-refractivity contribution in [2.24, 2.45) is 4.99 Å². The zero-order valence-corrected chi connectivity index (χ0v) is 19.9. The zero-order valence-electron chi connectivity index (χ0n) is 16.0. The number of aryl methyl sites for hydroxylation is 2. The molecule has 0 atom stereocenters. The van der Waals surface area contributed by atoms with Crippen LogP contribution in [0, 0.1) is 19.7 Å². The first-order valence-corrected chi connectivity index (χ1v) is 10.9. The Labute approximate surface area is 186 Å². The molecule has 1 heterocycles. The number of hydrogen-bond donors (Lipinski definition) is 3. The minimum Gasteiger partial charge on any atom is -0.356 e. The van der Waals surface area contributed by atoms with Gasteiger partial charge in [-0.1, -0.05) is 6.07 Å². The van der Waals surface area contributed by atoms with Crippen molar-refractivity contribution in [2.75, 3.05) is 30.6 Å². The third-order valence-corrected chi connectivity index (χ3v) is 5.89. The molecule has 156 valence electrons. The van der Waals surface area contributed by atoms with E-state index in [0.29, 0.717) is 18.1 Å². The molecule has 0 bridgehead atoms. The fraction of sp³-hybridized carbons (Fsp3) is 0.412. The molecule has 0 fully saturated rings. The lowest BCUT2D eigenvalue weighted by atomic mass is 10.2. The van der Waals surface area contributed by atoms with Gasteiger partial charge in [0, 0.05) is 37.6 Å². The summed E-state index contributed by atoms with van der Waals surface area (Å²) in [5.41, 5.74) is 0.668. The van der Waals surface area contributed by atoms with Crippen LogP contribution in [-0.4, -0.2) is 45.3 Å². The largest absolute Gasteiger partial charge is 0.356 e. The first kappa shape index (κ1) is 24.6. The summed E-state index contributed by atoms with van der Waals surface area (Å²) in [5.74, 6) is -0.109. The van der Waals surface area contributed by atoms with Crippen molar-refractivity contribution in [1.82, 2.24) is 15.6 Å². The van der Waals surface area contributed by atoms with Crippen LogP contribution in [0.15, 0.2) is 29.4 Å². The van der Waals surface area contributed by atoms with Crippen molar-refractivity contribution in [3.05, 3.63) is 45.7 Å². The van der Waals surface area contributed by atoms with Crippen LogP contribution in [0.2, 0.25) is 0 Å². The molecule has 0 unspecified atom stereocenters. The van der Waals surface area contributed by atoms with Gasteiger partial charge in [-0.3, -0.25) is 9.71 Å². The second kappa shape index (κ2) is 11.5. The van der Waals surface area contributed by atoms with E-state index in [4.69, 9.17) is 0 Å². The average molecular weight is 541 g/mol. The number of aromatic nitrogens is 1. The number of nitrogens with zero attached hydrogens (tertiary/aromatic N) is 2. The maximum atomic E-state index is 13.5. The number of rotatable bonds is 8. The number of hydrogen-bond acceptors (Lipinski definition) is 5. The molecule has 0 saturated carbocycles. The van der Waals surface area contributed by atoms with Crippen molar-refractivity contribution in [3.63, 3.8) is 0 Å². The molecule has 2 aromatic rings. The molecular formula is C17H25FIN5O2S2. The lowest BCUT2D eigenvalue weighted by Gasteiger charge is -2.12. The summed E-state index contributed by atoms with van der Waals surface area (Å²) in [4.78, 5) is 9.52. The van der Waals surface area contributed by atoms with Crippen LogP contribution in [0.3, 0.4) is 0 Å². The van der Waals surface area contributed by atoms with Gasteiger partial charge in [-0.2, -0.15) is 0 Å². The van der Waals surface area contributed by atoms with Crippen LogP contribution in [0.1, 0.15) is 15.4 Å². The summed E-state index contributed by atoms with van der Waals surface area (Å²) in [5, 5.41) is 7.10. The molecule has 0 aliphatic rings. The Morgan fingerprint density at radius 2 is 1.96 bits per heavy atom. The molecule has 1 aromatic carbocycles. The Kier molecular flexibility index (Phi) is 10.1. The predicted octanol–water partition coefficient (Wildman–Crippen LogP) is 2.67. The lowest BCUT2D eigenvalue weighted by Crippen LogP contribution is -2.40. The lowest BCUT2D eigenvalue weighted by molar-refractivity contribution is 0.599. The van der Waals surface area contributed by atoms with Crippen molar-refractivity contribution < 1.29 is 12.8 Å². The Morgan fingerprint density at radius 1 is 1.25 bits per heavy atom. The number of aliphatic imine (C=N–C) groups is 1. The van der Waals surface area contributed by atoms with Gasteiger partial charge in [-0.05, 0) is 31.5 Å². The first-order valence-electron chi connectivity index (χ1n) is 8.41. The van der Waals surface area contributed by atoms with Crippen LogP contribution >= 0.6 is 35.3 Å². The number of thiazole rings is 1. The van der Waals surface area contributed by atoms with Gasteiger partial charge in [0.2, 0.25) is 10.0 Å². The summed E-state index contributed by atoms with van der Waals surface area (Å²) < 4.78 is 40.1. The van der Waals surface area contributed by atoms with E-state index < -0.39 is 15.8 Å². The van der Waals surface area contributed by atoms with E-state index >= 15 is 0 Å². The maximum absolute atomic E-state index is 13.5. The Bertz CT molecular complexity index is 903. The van der Waals surface area contributed by atoms with Crippen LogP contribution < -0.4 is 15.4 Å². The second-order valence-electron chi connectivity index (χ2n) is 5.93. The topological polar surface area (TPSA) is 95.5 Å². The predicted molar refractivity (Wildman–Crippen MR) is 124 cm³/mol. The first-order chi connectivity index (χ1) is 12.8. The summed E-state index contributed by atoms with van der Waals surface area (Å²) >= 11 is 1.65. The molecule has 3 N–H and O–H groups in total. The molecule has 0 saturated heterocycles. The van der Waals surface area contributed by atoms with Gasteiger partial charge >= 0.3 is 0 Å². The van der Waals surface area contributed by atoms with Crippen LogP contribution in [0.25, 0.3) is 0 Å². The van der Waals surface area contributed by atoms with Gasteiger partial charge in [-0.15, -0.1) is 35.3 Å². The summed E-state index contributed by atoms with van der Waals surface area (Å²) in [6.07, 6.45) is 2.60. The Hall–Kier alpha value is -1.47. The van der Waals surface area contributed by atoms with Crippen molar-refractivity contribution in [2.45, 2.75) is 20.3 Å². The highest BCUT2D eigenvalue weighted by Gasteiger charge is 2.12. The maximum Gasteiger partial charge on any atom is 0.234 e. The van der Waals surface area contributed by atoms with Gasteiger partial charge in [-0.25, -0.2) is 17.8 Å². The van der Waals surface area contributed by atoms with Gasteiger partial charge in [0.25, 0.3) is 0 Å². The van der Waals surface area contributed by atoms with E-state index in [2.05, 4.69) is 25.3 Å². The highest BCUT2D eigenvalue weighted by molar-refractivity contribution is 14.0. The van der Waals surface area contributed by atoms with Gasteiger partial charge in [0.15, 0.2) is 5.96 Å². The van der Waals surface area contributed by atoms with E-state index in [1.165, 1.54) is 23.1 Å². The average Bonchev–Trinajstić information content (AvgIpc) is 3.01. The number of anilines is 1. The van der Waals surface area contributed by atoms with Crippen LogP contribution in [-0.2, 0) is 16.4 Å². The molecule has 0 aliphatic carbocycles. The second-order valence-corrected chi connectivity index (χ2v) is 9.09. The molecule has 0 spiro atoms. The third-order valence-electron chi connectivity index (χ3n) is 3.63. The van der Waals surface area contributed by atoms with Crippen molar-refractivity contribution in [3.8, 4) is 0 Å². The van der Waals surface area contributed by atoms with Crippen LogP contribution in [0.4, 0.5) is 10.1 Å². The normalized spacial score (nSPS) is 11.6. The molecule has 0 aliphatic heterocycles. The Morgan fingerprint density at radius 3 is 2.57 bits per heavy atom. The number of guanidine groups is 1. The summed E-state index contributed by atoms with van der Waals surface area (Å²) in [6.45, 7) is 4.43. The van der Waals surface area contributed by atoms with E-state index in [0.717, 1.165) is 11.4 Å². The molecule has 1 aromatic heterocycles. The molecule has 0 radical (unpaired) electrons. The van der Waals surface area contributed by atoms with Gasteiger partial charge < -0.3 is 10.6 Å². The number of sulfonamides is 1. The molecular weight excluding hydrogens is 516 g/mol. The smallest absolute Gasteiger partial charge is 0.234 e. The quantitative estimate of drug-likeness (QED) is 0.272. The minimum absolute atomic E-state index is 0. The van der Waals surface area contributed by atoms with Gasteiger partial charge in [0.1, 0.15) is 5.82 Å². The fourth-order valence-corrected chi connectivity index (χ4v) is 3.96. The highest BCUT2D eigenvalue weighted by atomic mass is 127. The van der Waals surface area contributed by atoms with Gasteiger partial charge in [0.05, 0.1) is 16.4 Å². The van der Waals surface area contributed by atoms with E-state index in [1.807, 2.05) is 13.1 Å². The fourth-order valence-electron chi connectivity index (χ4n) is 2.22. The SMILES string of the molecule is CN=C(NCCc1ncc(C)s1)NCCS(=O)(=O)Nc1ccc(C)c(F)c1.I. The Balaban J connectivity index is 0.00000392. The van der Waals surface area contributed by atoms with Crippen molar-refractivity contribution in [1.29, 1.82) is 0 Å². The molecule has 7 nitrogen and oxygen atoms in total. The number of nitrogens with one attached hydrogen (secondary N) is 3. The standard InChI is InChI=1S/C17H24FN5O2S2.HI/c1-12-4-5-14(10-15(12)18)23-27(24,25)9-8-21-17(19-3)20-7-6-16-22-11-13(2)26-16;/h4-5,10-11,23H,6-9H2,1-3H3,(H2,19,20,21);1H. The van der Waals surface area contributed by atoms with E-state index in [9.17, 15) is 12.8 Å². The van der Waals surface area contributed by atoms with Crippen molar-refractivity contribution >= 4 is 57.0 Å². The summed E-state index contributed by atoms with van der Waals surface area (Å²) in [7, 11) is -1.98. The summed E-state index contributed by atoms with van der Waals surface area (Å²) in [6, 6.07) is 4.23. The number of benzene rings is 1.